The van der Waals surface area contributed by atoms with Gasteiger partial charge in [-0.25, -0.2) is 4.98 Å². The number of alkyl halides is 3. The molecular weight excluding hydrogens is 261 g/mol. The van der Waals surface area contributed by atoms with E-state index in [0.717, 1.165) is 5.56 Å². The summed E-state index contributed by atoms with van der Waals surface area (Å²) in [7, 11) is 0. The van der Waals surface area contributed by atoms with Gasteiger partial charge in [0.25, 0.3) is 0 Å². The molecule has 0 saturated heterocycles. The van der Waals surface area contributed by atoms with E-state index in [1.807, 2.05) is 19.1 Å². The average molecular weight is 270 g/mol. The maximum atomic E-state index is 12.6. The number of H-pyrrole nitrogens is 1. The van der Waals surface area contributed by atoms with Crippen LogP contribution in [0.1, 0.15) is 11.4 Å². The summed E-state index contributed by atoms with van der Waals surface area (Å²) in [6, 6.07) is 8.52. The van der Waals surface area contributed by atoms with E-state index < -0.39 is 12.0 Å². The van der Waals surface area contributed by atoms with Gasteiger partial charge in [-0.3, -0.25) is 0 Å². The molecule has 0 saturated carbocycles. The molecule has 6 heteroatoms. The maximum absolute atomic E-state index is 12.6. The molecule has 1 aromatic heterocycles. The highest BCUT2D eigenvalue weighted by molar-refractivity contribution is 7.71. The molecule has 2 aromatic rings. The van der Waals surface area contributed by atoms with Gasteiger partial charge in [-0.15, -0.1) is 0 Å². The molecule has 94 valence electrons. The number of aromatic amines is 1. The molecular formula is C12H9F3N2S. The highest BCUT2D eigenvalue weighted by atomic mass is 32.1. The van der Waals surface area contributed by atoms with Crippen LogP contribution in [-0.2, 0) is 6.18 Å². The predicted molar refractivity (Wildman–Crippen MR) is 64.6 cm³/mol. The second-order valence-corrected chi connectivity index (χ2v) is 4.26. The Bertz CT molecular complexity index is 614. The molecule has 0 aliphatic heterocycles. The molecule has 1 heterocycles. The zero-order chi connectivity index (χ0) is 13.3. The summed E-state index contributed by atoms with van der Waals surface area (Å²) in [5, 5.41) is 0. The van der Waals surface area contributed by atoms with Crippen molar-refractivity contribution in [3.63, 3.8) is 0 Å². The molecule has 1 aromatic carbocycles. The fourth-order valence-corrected chi connectivity index (χ4v) is 1.69. The lowest BCUT2D eigenvalue weighted by molar-refractivity contribution is -0.144. The minimum atomic E-state index is -4.53. The number of nitrogens with zero attached hydrogens (tertiary/aromatic N) is 1. The van der Waals surface area contributed by atoms with E-state index in [4.69, 9.17) is 12.2 Å². The first-order valence-corrected chi connectivity index (χ1v) is 5.53. The van der Waals surface area contributed by atoms with Crippen LogP contribution in [0.15, 0.2) is 30.3 Å². The number of nitrogens with one attached hydrogen (secondary N) is 1. The molecule has 0 bridgehead atoms. The molecule has 0 spiro atoms. The summed E-state index contributed by atoms with van der Waals surface area (Å²) in [4.78, 5) is 5.54. The molecule has 0 aliphatic carbocycles. The number of benzene rings is 1. The van der Waals surface area contributed by atoms with Crippen LogP contribution >= 0.6 is 12.2 Å². The van der Waals surface area contributed by atoms with E-state index in [9.17, 15) is 13.2 Å². The highest BCUT2D eigenvalue weighted by Crippen LogP contribution is 2.28. The second-order valence-electron chi connectivity index (χ2n) is 3.85. The molecule has 0 aliphatic rings. The van der Waals surface area contributed by atoms with Crippen LogP contribution in [0.4, 0.5) is 13.2 Å². The maximum Gasteiger partial charge on any atom is 0.449 e. The van der Waals surface area contributed by atoms with Crippen LogP contribution in [0.25, 0.3) is 11.3 Å². The average Bonchev–Trinajstić information content (AvgIpc) is 2.28. The van der Waals surface area contributed by atoms with Crippen molar-refractivity contribution in [1.82, 2.24) is 9.97 Å². The fourth-order valence-electron chi connectivity index (χ4n) is 1.48. The van der Waals surface area contributed by atoms with Crippen molar-refractivity contribution in [3.8, 4) is 11.3 Å². The van der Waals surface area contributed by atoms with Crippen molar-refractivity contribution in [2.45, 2.75) is 13.1 Å². The summed E-state index contributed by atoms with van der Waals surface area (Å²) in [6.45, 7) is 1.90. The monoisotopic (exact) mass is 270 g/mol. The van der Waals surface area contributed by atoms with Crippen LogP contribution in [0.2, 0.25) is 0 Å². The SMILES string of the molecule is Cc1ccc(-c2cc(=S)nc(C(F)(F)F)[nH]2)cc1. The Balaban J connectivity index is 2.55. The Hall–Kier alpha value is -1.69. The van der Waals surface area contributed by atoms with Gasteiger partial charge >= 0.3 is 6.18 Å². The quantitative estimate of drug-likeness (QED) is 0.789. The predicted octanol–water partition coefficient (Wildman–Crippen LogP) is 4.13. The number of aromatic nitrogens is 2. The van der Waals surface area contributed by atoms with Gasteiger partial charge in [0, 0.05) is 5.69 Å². The van der Waals surface area contributed by atoms with Crippen molar-refractivity contribution in [1.29, 1.82) is 0 Å². The number of halogens is 3. The van der Waals surface area contributed by atoms with E-state index in [-0.39, 0.29) is 4.64 Å². The van der Waals surface area contributed by atoms with Crippen LogP contribution < -0.4 is 0 Å². The molecule has 0 unspecified atom stereocenters. The lowest BCUT2D eigenvalue weighted by atomic mass is 10.1. The minimum Gasteiger partial charge on any atom is -0.336 e. The van der Waals surface area contributed by atoms with Gasteiger partial charge < -0.3 is 4.98 Å². The Morgan fingerprint density at radius 3 is 2.33 bits per heavy atom. The summed E-state index contributed by atoms with van der Waals surface area (Å²) >= 11 is 4.75. The molecule has 2 nitrogen and oxygen atoms in total. The Morgan fingerprint density at radius 1 is 1.17 bits per heavy atom. The lowest BCUT2D eigenvalue weighted by Crippen LogP contribution is -2.11. The summed E-state index contributed by atoms with van der Waals surface area (Å²) < 4.78 is 37.7. The smallest absolute Gasteiger partial charge is 0.336 e. The molecule has 0 fully saturated rings. The van der Waals surface area contributed by atoms with Crippen LogP contribution in [0.5, 0.6) is 0 Å². The molecule has 1 N–H and O–H groups in total. The first-order valence-electron chi connectivity index (χ1n) is 5.12. The number of aryl methyl sites for hydroxylation is 1. The first-order chi connectivity index (χ1) is 8.36. The zero-order valence-corrected chi connectivity index (χ0v) is 10.2. The summed E-state index contributed by atoms with van der Waals surface area (Å²) in [6.07, 6.45) is -4.53. The van der Waals surface area contributed by atoms with E-state index in [1.165, 1.54) is 6.07 Å². The van der Waals surface area contributed by atoms with E-state index >= 15 is 0 Å². The lowest BCUT2D eigenvalue weighted by Gasteiger charge is -2.08. The van der Waals surface area contributed by atoms with Gasteiger partial charge in [0.1, 0.15) is 4.64 Å². The van der Waals surface area contributed by atoms with Crippen molar-refractivity contribution in [3.05, 3.63) is 46.4 Å². The van der Waals surface area contributed by atoms with Crippen molar-refractivity contribution < 1.29 is 13.2 Å². The molecule has 18 heavy (non-hydrogen) atoms. The second kappa shape index (κ2) is 4.53. The Labute approximate surface area is 107 Å². The standard InChI is InChI=1S/C12H9F3N2S/c1-7-2-4-8(5-3-7)9-6-10(18)17-11(16-9)12(13,14)15/h2-6H,1H3,(H,16,17,18). The number of rotatable bonds is 1. The Morgan fingerprint density at radius 2 is 1.78 bits per heavy atom. The van der Waals surface area contributed by atoms with Crippen LogP contribution in [0.3, 0.4) is 0 Å². The van der Waals surface area contributed by atoms with E-state index in [2.05, 4.69) is 9.97 Å². The zero-order valence-electron chi connectivity index (χ0n) is 9.38. The Kier molecular flexibility index (Phi) is 3.21. The third-order valence-electron chi connectivity index (χ3n) is 2.37. The highest BCUT2D eigenvalue weighted by Gasteiger charge is 2.34. The van der Waals surface area contributed by atoms with E-state index in [0.29, 0.717) is 11.3 Å². The van der Waals surface area contributed by atoms with Crippen LogP contribution in [-0.4, -0.2) is 9.97 Å². The molecule has 2 rings (SSSR count). The normalized spacial score (nSPS) is 11.6. The third-order valence-corrected chi connectivity index (χ3v) is 2.58. The van der Waals surface area contributed by atoms with Gasteiger partial charge in [-0.2, -0.15) is 13.2 Å². The van der Waals surface area contributed by atoms with Gasteiger partial charge in [-0.1, -0.05) is 42.0 Å². The molecule has 0 atom stereocenters. The number of hydrogen-bond acceptors (Lipinski definition) is 2. The van der Waals surface area contributed by atoms with Crippen molar-refractivity contribution >= 4 is 12.2 Å². The van der Waals surface area contributed by atoms with Crippen molar-refractivity contribution in [2.75, 3.05) is 0 Å². The largest absolute Gasteiger partial charge is 0.449 e. The van der Waals surface area contributed by atoms with Gasteiger partial charge in [0.2, 0.25) is 5.82 Å². The van der Waals surface area contributed by atoms with Crippen molar-refractivity contribution in [2.24, 2.45) is 0 Å². The number of hydrogen-bond donors (Lipinski definition) is 1. The summed E-state index contributed by atoms with van der Waals surface area (Å²) in [5.74, 6) is -1.08. The summed E-state index contributed by atoms with van der Waals surface area (Å²) in [5.41, 5.74) is 1.98. The topological polar surface area (TPSA) is 28.7 Å². The van der Waals surface area contributed by atoms with Gasteiger partial charge in [0.05, 0.1) is 0 Å². The van der Waals surface area contributed by atoms with E-state index in [1.54, 1.807) is 12.1 Å². The first kappa shape index (κ1) is 12.8. The van der Waals surface area contributed by atoms with Crippen LogP contribution in [0, 0.1) is 11.6 Å². The van der Waals surface area contributed by atoms with Gasteiger partial charge in [-0.05, 0) is 18.6 Å². The van der Waals surface area contributed by atoms with Gasteiger partial charge in [0.15, 0.2) is 0 Å². The fraction of sp³-hybridized carbons (Fsp3) is 0.167. The molecule has 0 amide bonds. The minimum absolute atomic E-state index is 0.0864. The molecule has 0 radical (unpaired) electrons. The third kappa shape index (κ3) is 2.76.